The predicted octanol–water partition coefficient (Wildman–Crippen LogP) is 4.16. The first kappa shape index (κ1) is 14.6. The van der Waals surface area contributed by atoms with Crippen LogP contribution in [0.3, 0.4) is 0 Å². The number of thioether (sulfide) groups is 1. The Bertz CT molecular complexity index is 318. The summed E-state index contributed by atoms with van der Waals surface area (Å²) in [7, 11) is 0. The zero-order valence-electron chi connectivity index (χ0n) is 11.4. The van der Waals surface area contributed by atoms with E-state index in [1.807, 2.05) is 11.8 Å². The lowest BCUT2D eigenvalue weighted by molar-refractivity contribution is 0.630. The molecule has 2 unspecified atom stereocenters. The Morgan fingerprint density at radius 1 is 1.18 bits per heavy atom. The van der Waals surface area contributed by atoms with Crippen molar-refractivity contribution in [3.63, 3.8) is 0 Å². The van der Waals surface area contributed by atoms with Crippen molar-refractivity contribution in [3.8, 4) is 0 Å². The number of aryl methyl sites for hydroxylation is 1. The zero-order valence-corrected chi connectivity index (χ0v) is 12.3. The summed E-state index contributed by atoms with van der Waals surface area (Å²) in [5.74, 6) is 1.89. The van der Waals surface area contributed by atoms with Gasteiger partial charge in [0.05, 0.1) is 0 Å². The van der Waals surface area contributed by atoms with E-state index in [2.05, 4.69) is 52.0 Å². The predicted molar refractivity (Wildman–Crippen MR) is 79.5 cm³/mol. The van der Waals surface area contributed by atoms with Gasteiger partial charge in [-0.25, -0.2) is 0 Å². The first-order valence-electron chi connectivity index (χ1n) is 6.48. The van der Waals surface area contributed by atoms with Gasteiger partial charge in [0.25, 0.3) is 0 Å². The van der Waals surface area contributed by atoms with Crippen molar-refractivity contribution < 1.29 is 0 Å². The van der Waals surface area contributed by atoms with Crippen molar-refractivity contribution in [2.75, 3.05) is 5.75 Å². The molecule has 0 bridgehead atoms. The fourth-order valence-electron chi connectivity index (χ4n) is 1.73. The van der Waals surface area contributed by atoms with Crippen LogP contribution in [0.25, 0.3) is 0 Å². The molecule has 0 aromatic heterocycles. The second-order valence-corrected chi connectivity index (χ2v) is 6.31. The average molecular weight is 251 g/mol. The third-order valence-electron chi connectivity index (χ3n) is 2.88. The van der Waals surface area contributed by atoms with Crippen LogP contribution in [0.15, 0.2) is 24.3 Å². The summed E-state index contributed by atoms with van der Waals surface area (Å²) in [6, 6.07) is 9.06. The van der Waals surface area contributed by atoms with Gasteiger partial charge in [0, 0.05) is 11.3 Å². The molecule has 2 atom stereocenters. The first-order chi connectivity index (χ1) is 8.04. The quantitative estimate of drug-likeness (QED) is 0.821. The number of hydrogen-bond donors (Lipinski definition) is 1. The van der Waals surface area contributed by atoms with Gasteiger partial charge in [-0.1, -0.05) is 50.6 Å². The van der Waals surface area contributed by atoms with E-state index >= 15 is 0 Å². The Balaban J connectivity index is 2.78. The van der Waals surface area contributed by atoms with Crippen molar-refractivity contribution in [2.45, 2.75) is 45.4 Å². The fraction of sp³-hybridized carbons (Fsp3) is 0.600. The van der Waals surface area contributed by atoms with Gasteiger partial charge in [0.2, 0.25) is 0 Å². The van der Waals surface area contributed by atoms with Crippen molar-refractivity contribution >= 4 is 11.8 Å². The third-order valence-corrected chi connectivity index (χ3v) is 4.72. The molecule has 0 saturated heterocycles. The minimum atomic E-state index is 0.251. The van der Waals surface area contributed by atoms with E-state index in [-0.39, 0.29) is 6.04 Å². The molecule has 0 amide bonds. The molecule has 1 rings (SSSR count). The van der Waals surface area contributed by atoms with Gasteiger partial charge in [-0.15, -0.1) is 0 Å². The van der Waals surface area contributed by atoms with Crippen molar-refractivity contribution in [1.29, 1.82) is 0 Å². The van der Waals surface area contributed by atoms with Crippen molar-refractivity contribution in [1.82, 2.24) is 0 Å². The monoisotopic (exact) mass is 251 g/mol. The lowest BCUT2D eigenvalue weighted by atomic mass is 10.0. The molecule has 17 heavy (non-hydrogen) atoms. The number of rotatable bonds is 6. The number of nitrogens with two attached hydrogens (primary N) is 1. The molecule has 1 nitrogen and oxygen atoms in total. The van der Waals surface area contributed by atoms with Crippen LogP contribution in [0.2, 0.25) is 0 Å². The molecule has 2 N–H and O–H groups in total. The van der Waals surface area contributed by atoms with Gasteiger partial charge in [0.1, 0.15) is 0 Å². The number of hydrogen-bond acceptors (Lipinski definition) is 2. The minimum Gasteiger partial charge on any atom is -0.326 e. The van der Waals surface area contributed by atoms with Crippen LogP contribution >= 0.6 is 11.8 Å². The second-order valence-electron chi connectivity index (χ2n) is 5.13. The van der Waals surface area contributed by atoms with Crippen molar-refractivity contribution in [3.05, 3.63) is 35.4 Å². The highest BCUT2D eigenvalue weighted by atomic mass is 32.2. The summed E-state index contributed by atoms with van der Waals surface area (Å²) in [5.41, 5.74) is 8.94. The molecule has 0 heterocycles. The molecule has 0 fully saturated rings. The zero-order chi connectivity index (χ0) is 12.8. The van der Waals surface area contributed by atoms with E-state index in [1.54, 1.807) is 0 Å². The van der Waals surface area contributed by atoms with Gasteiger partial charge in [0.15, 0.2) is 0 Å². The minimum absolute atomic E-state index is 0.251. The topological polar surface area (TPSA) is 26.0 Å². The first-order valence-corrected chi connectivity index (χ1v) is 7.53. The number of benzene rings is 1. The normalized spacial score (nSPS) is 14.9. The summed E-state index contributed by atoms with van der Waals surface area (Å²) in [6.45, 7) is 8.81. The average Bonchev–Trinajstić information content (AvgIpc) is 2.30. The highest BCUT2D eigenvalue weighted by Gasteiger charge is 2.19. The van der Waals surface area contributed by atoms with E-state index in [0.717, 1.165) is 12.3 Å². The van der Waals surface area contributed by atoms with Crippen LogP contribution < -0.4 is 5.73 Å². The Kier molecular flexibility index (Phi) is 6.07. The van der Waals surface area contributed by atoms with Crippen molar-refractivity contribution in [2.24, 2.45) is 11.7 Å². The molecule has 0 spiro atoms. The van der Waals surface area contributed by atoms with E-state index < -0.39 is 0 Å². The summed E-state index contributed by atoms with van der Waals surface area (Å²) in [4.78, 5) is 0. The molecule has 2 heteroatoms. The summed E-state index contributed by atoms with van der Waals surface area (Å²) >= 11 is 2.00. The molecule has 0 aliphatic rings. The van der Waals surface area contributed by atoms with E-state index in [9.17, 15) is 0 Å². The van der Waals surface area contributed by atoms with Crippen LogP contribution in [-0.2, 0) is 0 Å². The van der Waals surface area contributed by atoms with E-state index in [0.29, 0.717) is 5.25 Å². The van der Waals surface area contributed by atoms with Gasteiger partial charge in [-0.2, -0.15) is 11.8 Å². The smallest absolute Gasteiger partial charge is 0.0448 e. The van der Waals surface area contributed by atoms with Crippen LogP contribution in [0, 0.1) is 12.8 Å². The van der Waals surface area contributed by atoms with Crippen LogP contribution in [0.1, 0.15) is 43.6 Å². The summed E-state index contributed by atoms with van der Waals surface area (Å²) < 4.78 is 0. The highest BCUT2D eigenvalue weighted by molar-refractivity contribution is 7.99. The van der Waals surface area contributed by atoms with Crippen LogP contribution in [-0.4, -0.2) is 11.8 Å². The molecule has 96 valence electrons. The molecule has 0 saturated carbocycles. The van der Waals surface area contributed by atoms with Gasteiger partial charge < -0.3 is 5.73 Å². The van der Waals surface area contributed by atoms with E-state index in [1.165, 1.54) is 16.9 Å². The maximum Gasteiger partial charge on any atom is 0.0448 e. The molecule has 0 radical (unpaired) electrons. The van der Waals surface area contributed by atoms with Gasteiger partial charge in [-0.05, 0) is 30.6 Å². The Labute approximate surface area is 110 Å². The largest absolute Gasteiger partial charge is 0.326 e. The molecule has 1 aromatic carbocycles. The van der Waals surface area contributed by atoms with Crippen LogP contribution in [0.4, 0.5) is 0 Å². The van der Waals surface area contributed by atoms with Gasteiger partial charge in [-0.3, -0.25) is 0 Å². The second kappa shape index (κ2) is 7.07. The Morgan fingerprint density at radius 2 is 1.76 bits per heavy atom. The maximum atomic E-state index is 6.25. The third kappa shape index (κ3) is 4.72. The SMILES string of the molecule is CCC(N)C(SCC(C)C)c1ccc(C)cc1. The molecular formula is C15H25NS. The highest BCUT2D eigenvalue weighted by Crippen LogP contribution is 2.33. The molecule has 1 aromatic rings. The molecule has 0 aliphatic heterocycles. The Hall–Kier alpha value is -0.470. The summed E-state index contributed by atoms with van der Waals surface area (Å²) in [6.07, 6.45) is 1.03. The standard InChI is InChI=1S/C15H25NS/c1-5-14(16)15(17-10-11(2)3)13-8-6-12(4)7-9-13/h6-9,11,14-15H,5,10,16H2,1-4H3. The maximum absolute atomic E-state index is 6.25. The van der Waals surface area contributed by atoms with Crippen LogP contribution in [0.5, 0.6) is 0 Å². The van der Waals surface area contributed by atoms with Gasteiger partial charge >= 0.3 is 0 Å². The lowest BCUT2D eigenvalue weighted by Crippen LogP contribution is -2.26. The Morgan fingerprint density at radius 3 is 2.24 bits per heavy atom. The molecule has 0 aliphatic carbocycles. The lowest BCUT2D eigenvalue weighted by Gasteiger charge is -2.24. The van der Waals surface area contributed by atoms with E-state index in [4.69, 9.17) is 5.73 Å². The summed E-state index contributed by atoms with van der Waals surface area (Å²) in [5, 5.41) is 0.433. The fourth-order valence-corrected chi connectivity index (χ4v) is 3.11. The molecular weight excluding hydrogens is 226 g/mol.